The molecule has 0 fully saturated rings. The summed E-state index contributed by atoms with van der Waals surface area (Å²) in [6.45, 7) is 1.55. The first-order valence-corrected chi connectivity index (χ1v) is 5.70. The SMILES string of the molecule is CC(NC(=O)N(C)CC(=O)O)c1ccsc1. The van der Waals surface area contributed by atoms with Crippen molar-refractivity contribution in [2.45, 2.75) is 13.0 Å². The summed E-state index contributed by atoms with van der Waals surface area (Å²) >= 11 is 1.56. The molecule has 6 heteroatoms. The molecular weight excluding hydrogens is 228 g/mol. The van der Waals surface area contributed by atoms with Crippen LogP contribution in [0.3, 0.4) is 0 Å². The van der Waals surface area contributed by atoms with Crippen molar-refractivity contribution in [2.24, 2.45) is 0 Å². The Labute approximate surface area is 97.7 Å². The number of rotatable bonds is 4. The van der Waals surface area contributed by atoms with Crippen LogP contribution < -0.4 is 5.32 Å². The van der Waals surface area contributed by atoms with E-state index >= 15 is 0 Å². The third kappa shape index (κ3) is 3.54. The lowest BCUT2D eigenvalue weighted by atomic mass is 10.2. The second kappa shape index (κ2) is 5.50. The highest BCUT2D eigenvalue weighted by molar-refractivity contribution is 7.07. The van der Waals surface area contributed by atoms with Crippen LogP contribution >= 0.6 is 11.3 Å². The normalized spacial score (nSPS) is 11.9. The van der Waals surface area contributed by atoms with E-state index < -0.39 is 5.97 Å². The Hall–Kier alpha value is -1.56. The van der Waals surface area contributed by atoms with Crippen LogP contribution in [0.4, 0.5) is 4.79 Å². The quantitative estimate of drug-likeness (QED) is 0.841. The lowest BCUT2D eigenvalue weighted by Gasteiger charge is -2.19. The van der Waals surface area contributed by atoms with Gasteiger partial charge in [0.05, 0.1) is 6.04 Å². The maximum absolute atomic E-state index is 11.5. The number of carbonyl (C=O) groups excluding carboxylic acids is 1. The average molecular weight is 242 g/mol. The number of hydrogen-bond acceptors (Lipinski definition) is 3. The van der Waals surface area contributed by atoms with Gasteiger partial charge in [-0.1, -0.05) is 0 Å². The van der Waals surface area contributed by atoms with Gasteiger partial charge in [0.25, 0.3) is 0 Å². The molecular formula is C10H14N2O3S. The lowest BCUT2D eigenvalue weighted by Crippen LogP contribution is -2.41. The molecule has 2 amide bonds. The molecule has 0 saturated heterocycles. The Balaban J connectivity index is 2.48. The molecule has 0 aliphatic carbocycles. The maximum Gasteiger partial charge on any atom is 0.323 e. The number of thiophene rings is 1. The first-order chi connectivity index (χ1) is 7.50. The number of carboxylic acids is 1. The summed E-state index contributed by atoms with van der Waals surface area (Å²) in [5, 5.41) is 15.1. The van der Waals surface area contributed by atoms with E-state index in [0.29, 0.717) is 0 Å². The van der Waals surface area contributed by atoms with Gasteiger partial charge < -0.3 is 15.3 Å². The minimum Gasteiger partial charge on any atom is -0.480 e. The Morgan fingerprint density at radius 3 is 2.81 bits per heavy atom. The molecule has 1 aromatic heterocycles. The first kappa shape index (κ1) is 12.5. The Morgan fingerprint density at radius 1 is 1.62 bits per heavy atom. The van der Waals surface area contributed by atoms with Crippen LogP contribution in [0.25, 0.3) is 0 Å². The minimum absolute atomic E-state index is 0.116. The lowest BCUT2D eigenvalue weighted by molar-refractivity contribution is -0.137. The molecule has 1 rings (SSSR count). The molecule has 88 valence electrons. The fourth-order valence-corrected chi connectivity index (χ4v) is 1.93. The van der Waals surface area contributed by atoms with Gasteiger partial charge in [-0.15, -0.1) is 0 Å². The smallest absolute Gasteiger partial charge is 0.323 e. The minimum atomic E-state index is -1.03. The highest BCUT2D eigenvalue weighted by Crippen LogP contribution is 2.15. The van der Waals surface area contributed by atoms with Crippen LogP contribution in [-0.2, 0) is 4.79 Å². The number of hydrogen-bond donors (Lipinski definition) is 2. The molecule has 0 aliphatic rings. The average Bonchev–Trinajstić information content (AvgIpc) is 2.68. The highest BCUT2D eigenvalue weighted by atomic mass is 32.1. The topological polar surface area (TPSA) is 69.6 Å². The molecule has 0 aromatic carbocycles. The number of carboxylic acid groups (broad SMARTS) is 1. The number of carbonyl (C=O) groups is 2. The van der Waals surface area contributed by atoms with Gasteiger partial charge in [-0.2, -0.15) is 11.3 Å². The highest BCUT2D eigenvalue weighted by Gasteiger charge is 2.15. The molecule has 0 aliphatic heterocycles. The van der Waals surface area contributed by atoms with E-state index in [4.69, 9.17) is 5.11 Å². The van der Waals surface area contributed by atoms with Crippen LogP contribution in [0.15, 0.2) is 16.8 Å². The predicted octanol–water partition coefficient (Wildman–Crippen LogP) is 1.54. The number of likely N-dealkylation sites (N-methyl/N-ethyl adjacent to an activating group) is 1. The van der Waals surface area contributed by atoms with Crippen molar-refractivity contribution >= 4 is 23.3 Å². The monoisotopic (exact) mass is 242 g/mol. The zero-order chi connectivity index (χ0) is 12.1. The zero-order valence-corrected chi connectivity index (χ0v) is 9.95. The molecule has 5 nitrogen and oxygen atoms in total. The van der Waals surface area contributed by atoms with Gasteiger partial charge in [-0.3, -0.25) is 4.79 Å². The second-order valence-corrected chi connectivity index (χ2v) is 4.26. The van der Waals surface area contributed by atoms with Crippen LogP contribution in [-0.4, -0.2) is 35.6 Å². The van der Waals surface area contributed by atoms with E-state index in [2.05, 4.69) is 5.32 Å². The Bertz CT molecular complexity index is 364. The standard InChI is InChI=1S/C10H14N2O3S/c1-7(8-3-4-16-6-8)11-10(15)12(2)5-9(13)14/h3-4,6-7H,5H2,1-2H3,(H,11,15)(H,13,14). The summed E-state index contributed by atoms with van der Waals surface area (Å²) in [4.78, 5) is 23.1. The van der Waals surface area contributed by atoms with E-state index in [-0.39, 0.29) is 18.6 Å². The molecule has 1 unspecified atom stereocenters. The van der Waals surface area contributed by atoms with Crippen molar-refractivity contribution in [3.05, 3.63) is 22.4 Å². The van der Waals surface area contributed by atoms with Crippen molar-refractivity contribution in [3.63, 3.8) is 0 Å². The fourth-order valence-electron chi connectivity index (χ4n) is 1.17. The van der Waals surface area contributed by atoms with Crippen LogP contribution in [0.1, 0.15) is 18.5 Å². The third-order valence-corrected chi connectivity index (χ3v) is 2.80. The molecule has 0 radical (unpaired) electrons. The summed E-state index contributed by atoms with van der Waals surface area (Å²) in [6, 6.07) is 1.42. The van der Waals surface area contributed by atoms with E-state index in [9.17, 15) is 9.59 Å². The molecule has 0 bridgehead atoms. The van der Waals surface area contributed by atoms with E-state index in [0.717, 1.165) is 10.5 Å². The van der Waals surface area contributed by atoms with Gasteiger partial charge in [-0.05, 0) is 29.3 Å². The number of nitrogens with zero attached hydrogens (tertiary/aromatic N) is 1. The molecule has 1 atom stereocenters. The van der Waals surface area contributed by atoms with Gasteiger partial charge in [0.2, 0.25) is 0 Å². The number of amides is 2. The van der Waals surface area contributed by atoms with Crippen LogP contribution in [0, 0.1) is 0 Å². The number of nitrogens with one attached hydrogen (secondary N) is 1. The third-order valence-electron chi connectivity index (χ3n) is 2.10. The van der Waals surface area contributed by atoms with Gasteiger partial charge in [0, 0.05) is 7.05 Å². The number of aliphatic carboxylic acids is 1. The van der Waals surface area contributed by atoms with E-state index in [1.54, 1.807) is 11.3 Å². The summed E-state index contributed by atoms with van der Waals surface area (Å²) in [7, 11) is 1.45. The Morgan fingerprint density at radius 2 is 2.31 bits per heavy atom. The zero-order valence-electron chi connectivity index (χ0n) is 9.14. The van der Waals surface area contributed by atoms with Crippen LogP contribution in [0.2, 0.25) is 0 Å². The number of urea groups is 1. The summed E-state index contributed by atoms with van der Waals surface area (Å²) in [6.07, 6.45) is 0. The van der Waals surface area contributed by atoms with Crippen molar-refractivity contribution in [2.75, 3.05) is 13.6 Å². The van der Waals surface area contributed by atoms with Crippen LogP contribution in [0.5, 0.6) is 0 Å². The summed E-state index contributed by atoms with van der Waals surface area (Å²) < 4.78 is 0. The largest absolute Gasteiger partial charge is 0.480 e. The van der Waals surface area contributed by atoms with Gasteiger partial charge in [0.15, 0.2) is 0 Å². The Kier molecular flexibility index (Phi) is 4.30. The molecule has 0 spiro atoms. The second-order valence-electron chi connectivity index (χ2n) is 3.48. The van der Waals surface area contributed by atoms with E-state index in [1.807, 2.05) is 23.8 Å². The van der Waals surface area contributed by atoms with Gasteiger partial charge in [0.1, 0.15) is 6.54 Å². The summed E-state index contributed by atoms with van der Waals surface area (Å²) in [5.74, 6) is -1.03. The van der Waals surface area contributed by atoms with Crippen molar-refractivity contribution in [1.82, 2.24) is 10.2 Å². The molecule has 1 aromatic rings. The molecule has 16 heavy (non-hydrogen) atoms. The van der Waals surface area contributed by atoms with Crippen molar-refractivity contribution < 1.29 is 14.7 Å². The summed E-state index contributed by atoms with van der Waals surface area (Å²) in [5.41, 5.74) is 1.02. The fraction of sp³-hybridized carbons (Fsp3) is 0.400. The van der Waals surface area contributed by atoms with Crippen molar-refractivity contribution in [1.29, 1.82) is 0 Å². The first-order valence-electron chi connectivity index (χ1n) is 4.76. The maximum atomic E-state index is 11.5. The van der Waals surface area contributed by atoms with Gasteiger partial charge in [-0.25, -0.2) is 4.79 Å². The molecule has 0 saturated carbocycles. The van der Waals surface area contributed by atoms with Gasteiger partial charge >= 0.3 is 12.0 Å². The molecule has 1 heterocycles. The molecule has 2 N–H and O–H groups in total. The predicted molar refractivity (Wildman–Crippen MR) is 61.5 cm³/mol. The van der Waals surface area contributed by atoms with E-state index in [1.165, 1.54) is 7.05 Å². The van der Waals surface area contributed by atoms with Crippen molar-refractivity contribution in [3.8, 4) is 0 Å².